The summed E-state index contributed by atoms with van der Waals surface area (Å²) in [5, 5.41) is 6.23. The van der Waals surface area contributed by atoms with Gasteiger partial charge in [0.25, 0.3) is 0 Å². The highest BCUT2D eigenvalue weighted by atomic mass is 16.2. The Hall–Kier alpha value is -1.55. The maximum absolute atomic E-state index is 12.1. The third-order valence-electron chi connectivity index (χ3n) is 3.42. The molecule has 0 aliphatic carbocycles. The summed E-state index contributed by atoms with van der Waals surface area (Å²) in [6.07, 6.45) is 2.01. The number of benzene rings is 1. The molecule has 1 aliphatic rings. The number of nitrogens with one attached hydrogen (secondary N) is 2. The van der Waals surface area contributed by atoms with Gasteiger partial charge in [0.2, 0.25) is 5.91 Å². The summed E-state index contributed by atoms with van der Waals surface area (Å²) in [6, 6.07) is 5.95. The molecule has 1 heterocycles. The van der Waals surface area contributed by atoms with Gasteiger partial charge in [-0.3, -0.25) is 4.79 Å². The molecule has 0 radical (unpaired) electrons. The van der Waals surface area contributed by atoms with Gasteiger partial charge in [0.05, 0.1) is 6.04 Å². The molecule has 2 N–H and O–H groups in total. The zero-order valence-corrected chi connectivity index (χ0v) is 11.3. The van der Waals surface area contributed by atoms with E-state index < -0.39 is 0 Å². The number of nitrogens with zero attached hydrogens (tertiary/aromatic N) is 1. The Kier molecular flexibility index (Phi) is 3.87. The number of anilines is 2. The second-order valence-corrected chi connectivity index (χ2v) is 4.98. The average Bonchev–Trinajstić information content (AvgIpc) is 2.85. The number of hydrogen-bond acceptors (Lipinski definition) is 3. The van der Waals surface area contributed by atoms with Gasteiger partial charge < -0.3 is 15.5 Å². The summed E-state index contributed by atoms with van der Waals surface area (Å²) < 4.78 is 0. The fourth-order valence-electron chi connectivity index (χ4n) is 2.37. The van der Waals surface area contributed by atoms with Crippen LogP contribution in [0.5, 0.6) is 0 Å². The fourth-order valence-corrected chi connectivity index (χ4v) is 2.37. The van der Waals surface area contributed by atoms with Gasteiger partial charge in [0.15, 0.2) is 0 Å². The molecule has 4 nitrogen and oxygen atoms in total. The zero-order valence-electron chi connectivity index (χ0n) is 11.3. The SMILES string of the molecule is Cc1c(NC(=O)C2CCCN2)cccc1N(C)C. The predicted octanol–water partition coefficient (Wildman–Crippen LogP) is 1.75. The van der Waals surface area contributed by atoms with Gasteiger partial charge in [-0.2, -0.15) is 0 Å². The highest BCUT2D eigenvalue weighted by Gasteiger charge is 2.22. The van der Waals surface area contributed by atoms with Gasteiger partial charge in [0.1, 0.15) is 0 Å². The Bertz CT molecular complexity index is 437. The number of carbonyl (C=O) groups is 1. The normalized spacial score (nSPS) is 18.7. The molecule has 0 bridgehead atoms. The molecule has 0 saturated carbocycles. The van der Waals surface area contributed by atoms with Crippen LogP contribution in [0.1, 0.15) is 18.4 Å². The summed E-state index contributed by atoms with van der Waals surface area (Å²) in [5.74, 6) is 0.0755. The number of amides is 1. The van der Waals surface area contributed by atoms with Crippen molar-refractivity contribution in [3.05, 3.63) is 23.8 Å². The van der Waals surface area contributed by atoms with E-state index in [9.17, 15) is 4.79 Å². The minimum atomic E-state index is -0.0348. The summed E-state index contributed by atoms with van der Waals surface area (Å²) in [6.45, 7) is 2.97. The lowest BCUT2D eigenvalue weighted by Crippen LogP contribution is -2.35. The van der Waals surface area contributed by atoms with Crippen LogP contribution in [0.15, 0.2) is 18.2 Å². The van der Waals surface area contributed by atoms with Crippen LogP contribution in [0.4, 0.5) is 11.4 Å². The molecule has 0 spiro atoms. The molecule has 1 amide bonds. The number of carbonyl (C=O) groups excluding carboxylic acids is 1. The van der Waals surface area contributed by atoms with Crippen molar-refractivity contribution in [3.63, 3.8) is 0 Å². The van der Waals surface area contributed by atoms with E-state index in [2.05, 4.69) is 21.6 Å². The van der Waals surface area contributed by atoms with Crippen molar-refractivity contribution in [2.75, 3.05) is 30.9 Å². The molecule has 1 aromatic carbocycles. The van der Waals surface area contributed by atoms with Crippen molar-refractivity contribution < 1.29 is 4.79 Å². The molecule has 1 aromatic rings. The molecule has 1 fully saturated rings. The summed E-state index contributed by atoms with van der Waals surface area (Å²) in [5.41, 5.74) is 3.14. The quantitative estimate of drug-likeness (QED) is 0.855. The van der Waals surface area contributed by atoms with Crippen LogP contribution in [0.3, 0.4) is 0 Å². The van der Waals surface area contributed by atoms with Gasteiger partial charge in [-0.1, -0.05) is 6.07 Å². The van der Waals surface area contributed by atoms with Crippen molar-refractivity contribution in [1.82, 2.24) is 5.32 Å². The molecule has 98 valence electrons. The van der Waals surface area contributed by atoms with Gasteiger partial charge in [-0.25, -0.2) is 0 Å². The van der Waals surface area contributed by atoms with Crippen LogP contribution >= 0.6 is 0 Å². The van der Waals surface area contributed by atoms with Gasteiger partial charge in [-0.05, 0) is 44.0 Å². The van der Waals surface area contributed by atoms with Crippen LogP contribution in [-0.4, -0.2) is 32.6 Å². The first-order valence-corrected chi connectivity index (χ1v) is 6.41. The van der Waals surface area contributed by atoms with E-state index in [0.29, 0.717) is 0 Å². The van der Waals surface area contributed by atoms with Gasteiger partial charge in [-0.15, -0.1) is 0 Å². The summed E-state index contributed by atoms with van der Waals surface area (Å²) in [7, 11) is 4.01. The van der Waals surface area contributed by atoms with E-state index in [4.69, 9.17) is 0 Å². The molecule has 1 atom stereocenters. The second kappa shape index (κ2) is 5.40. The first-order chi connectivity index (χ1) is 8.59. The number of hydrogen-bond donors (Lipinski definition) is 2. The summed E-state index contributed by atoms with van der Waals surface area (Å²) >= 11 is 0. The number of rotatable bonds is 3. The van der Waals surface area contributed by atoms with E-state index in [1.807, 2.05) is 33.2 Å². The third kappa shape index (κ3) is 2.64. The third-order valence-corrected chi connectivity index (χ3v) is 3.42. The minimum absolute atomic E-state index is 0.0348. The van der Waals surface area contributed by atoms with Crippen LogP contribution in [0.25, 0.3) is 0 Å². The van der Waals surface area contributed by atoms with E-state index in [0.717, 1.165) is 36.3 Å². The highest BCUT2D eigenvalue weighted by molar-refractivity contribution is 5.96. The van der Waals surface area contributed by atoms with Crippen molar-refractivity contribution in [2.24, 2.45) is 0 Å². The fraction of sp³-hybridized carbons (Fsp3) is 0.500. The Morgan fingerprint density at radius 3 is 2.83 bits per heavy atom. The lowest BCUT2D eigenvalue weighted by Gasteiger charge is -2.19. The van der Waals surface area contributed by atoms with Gasteiger partial charge >= 0.3 is 0 Å². The van der Waals surface area contributed by atoms with Crippen molar-refractivity contribution in [1.29, 1.82) is 0 Å². The Morgan fingerprint density at radius 2 is 2.22 bits per heavy atom. The lowest BCUT2D eigenvalue weighted by atomic mass is 10.1. The molecule has 0 aromatic heterocycles. The van der Waals surface area contributed by atoms with Crippen LogP contribution in [-0.2, 0) is 4.79 Å². The van der Waals surface area contributed by atoms with E-state index in [1.54, 1.807) is 0 Å². The van der Waals surface area contributed by atoms with E-state index in [-0.39, 0.29) is 11.9 Å². The van der Waals surface area contributed by atoms with Gasteiger partial charge in [0, 0.05) is 25.5 Å². The maximum Gasteiger partial charge on any atom is 0.241 e. The van der Waals surface area contributed by atoms with Crippen LogP contribution < -0.4 is 15.5 Å². The second-order valence-electron chi connectivity index (χ2n) is 4.98. The Morgan fingerprint density at radius 1 is 1.44 bits per heavy atom. The predicted molar refractivity (Wildman–Crippen MR) is 75.2 cm³/mol. The molecular formula is C14H21N3O. The standard InChI is InChI=1S/C14H21N3O/c1-10-11(6-4-8-13(10)17(2)3)16-14(18)12-7-5-9-15-12/h4,6,8,12,15H,5,7,9H2,1-3H3,(H,16,18). The van der Waals surface area contributed by atoms with E-state index >= 15 is 0 Å². The molecule has 1 saturated heterocycles. The Labute approximate surface area is 108 Å². The maximum atomic E-state index is 12.1. The molecule has 2 rings (SSSR count). The van der Waals surface area contributed by atoms with E-state index in [1.165, 1.54) is 0 Å². The smallest absolute Gasteiger partial charge is 0.241 e. The van der Waals surface area contributed by atoms with Crippen molar-refractivity contribution >= 4 is 17.3 Å². The van der Waals surface area contributed by atoms with Crippen LogP contribution in [0, 0.1) is 6.92 Å². The highest BCUT2D eigenvalue weighted by Crippen LogP contribution is 2.25. The van der Waals surface area contributed by atoms with Crippen molar-refractivity contribution in [2.45, 2.75) is 25.8 Å². The van der Waals surface area contributed by atoms with Crippen LogP contribution in [0.2, 0.25) is 0 Å². The molecule has 1 unspecified atom stereocenters. The monoisotopic (exact) mass is 247 g/mol. The summed E-state index contributed by atoms with van der Waals surface area (Å²) in [4.78, 5) is 14.1. The Balaban J connectivity index is 2.13. The topological polar surface area (TPSA) is 44.4 Å². The van der Waals surface area contributed by atoms with Crippen molar-refractivity contribution in [3.8, 4) is 0 Å². The minimum Gasteiger partial charge on any atom is -0.377 e. The first kappa shape index (κ1) is 12.9. The zero-order chi connectivity index (χ0) is 13.1. The molecular weight excluding hydrogens is 226 g/mol. The molecule has 1 aliphatic heterocycles. The largest absolute Gasteiger partial charge is 0.377 e. The average molecular weight is 247 g/mol. The molecule has 4 heteroatoms. The first-order valence-electron chi connectivity index (χ1n) is 6.41. The molecule has 18 heavy (non-hydrogen) atoms. The lowest BCUT2D eigenvalue weighted by molar-refractivity contribution is -0.117.